The molecule has 2 heterocycles. The van der Waals surface area contributed by atoms with E-state index in [1.54, 1.807) is 34.7 Å². The standard InChI is InChI=1S/C14H18F3N5O2/c1-7(2)24-11(23)9(4)21(5)10-6-8(3)18-13-19-12(14(15,16)17)20-22(10)13/h6-7,9H,1-5H3. The molecule has 1 atom stereocenters. The molecule has 0 radical (unpaired) electrons. The first-order valence-corrected chi connectivity index (χ1v) is 7.25. The average Bonchev–Trinajstić information content (AvgIpc) is 2.87. The van der Waals surface area contributed by atoms with Crippen LogP contribution in [0.5, 0.6) is 0 Å². The Bertz CT molecular complexity index is 757. The number of aromatic nitrogens is 4. The number of carbonyl (C=O) groups is 1. The second-order valence-corrected chi connectivity index (χ2v) is 5.67. The molecule has 0 aliphatic carbocycles. The van der Waals surface area contributed by atoms with Gasteiger partial charge in [0.1, 0.15) is 11.9 Å². The van der Waals surface area contributed by atoms with Crippen LogP contribution in [0.2, 0.25) is 0 Å². The van der Waals surface area contributed by atoms with Crippen molar-refractivity contribution in [3.63, 3.8) is 0 Å². The molecule has 0 aliphatic rings. The second kappa shape index (κ2) is 6.25. The van der Waals surface area contributed by atoms with Crippen LogP contribution in [0.1, 0.15) is 32.3 Å². The minimum absolute atomic E-state index is 0.186. The third-order valence-corrected chi connectivity index (χ3v) is 3.31. The van der Waals surface area contributed by atoms with Gasteiger partial charge in [0.05, 0.1) is 6.10 Å². The molecule has 0 spiro atoms. The van der Waals surface area contributed by atoms with Gasteiger partial charge in [-0.05, 0) is 27.7 Å². The lowest BCUT2D eigenvalue weighted by atomic mass is 10.3. The molecule has 1 unspecified atom stereocenters. The highest BCUT2D eigenvalue weighted by atomic mass is 19.4. The van der Waals surface area contributed by atoms with Gasteiger partial charge in [-0.25, -0.2) is 9.78 Å². The zero-order valence-corrected chi connectivity index (χ0v) is 13.9. The topological polar surface area (TPSA) is 72.6 Å². The normalized spacial score (nSPS) is 13.4. The van der Waals surface area contributed by atoms with Crippen molar-refractivity contribution in [2.45, 2.75) is 46.0 Å². The van der Waals surface area contributed by atoms with Crippen molar-refractivity contribution in [1.82, 2.24) is 19.6 Å². The maximum absolute atomic E-state index is 12.8. The lowest BCUT2D eigenvalue weighted by Crippen LogP contribution is -2.39. The Morgan fingerprint density at radius 2 is 1.92 bits per heavy atom. The van der Waals surface area contributed by atoms with Crippen LogP contribution in [0.15, 0.2) is 6.07 Å². The van der Waals surface area contributed by atoms with Gasteiger partial charge < -0.3 is 9.64 Å². The van der Waals surface area contributed by atoms with Gasteiger partial charge >= 0.3 is 12.1 Å². The van der Waals surface area contributed by atoms with Crippen LogP contribution in [-0.4, -0.2) is 44.7 Å². The fourth-order valence-corrected chi connectivity index (χ4v) is 2.03. The van der Waals surface area contributed by atoms with E-state index in [1.165, 1.54) is 11.0 Å². The van der Waals surface area contributed by atoms with Gasteiger partial charge in [-0.2, -0.15) is 22.7 Å². The Kier molecular flexibility index (Phi) is 4.68. The Balaban J connectivity index is 2.47. The molecule has 0 aromatic carbocycles. The van der Waals surface area contributed by atoms with Gasteiger partial charge in [0.2, 0.25) is 0 Å². The number of rotatable bonds is 4. The number of esters is 1. The highest BCUT2D eigenvalue weighted by molar-refractivity contribution is 5.79. The zero-order valence-electron chi connectivity index (χ0n) is 13.9. The molecule has 2 aromatic rings. The predicted octanol–water partition coefficient (Wildman–Crippen LogP) is 2.23. The summed E-state index contributed by atoms with van der Waals surface area (Å²) in [6.45, 7) is 6.64. The van der Waals surface area contributed by atoms with E-state index in [9.17, 15) is 18.0 Å². The number of hydrogen-bond donors (Lipinski definition) is 0. The highest BCUT2D eigenvalue weighted by Gasteiger charge is 2.37. The summed E-state index contributed by atoms with van der Waals surface area (Å²) in [7, 11) is 1.56. The number of nitrogens with zero attached hydrogens (tertiary/aromatic N) is 5. The van der Waals surface area contributed by atoms with E-state index in [2.05, 4.69) is 15.1 Å². The summed E-state index contributed by atoms with van der Waals surface area (Å²) in [5.41, 5.74) is 0.454. The summed E-state index contributed by atoms with van der Waals surface area (Å²) in [5.74, 6) is -1.71. The molecular weight excluding hydrogens is 327 g/mol. The fourth-order valence-electron chi connectivity index (χ4n) is 2.03. The number of hydrogen-bond acceptors (Lipinski definition) is 6. The zero-order chi connectivity index (χ0) is 18.2. The summed E-state index contributed by atoms with van der Waals surface area (Å²) in [6, 6.07) is 0.803. The van der Waals surface area contributed by atoms with E-state index in [4.69, 9.17) is 4.74 Å². The van der Waals surface area contributed by atoms with Crippen LogP contribution < -0.4 is 4.90 Å². The molecule has 10 heteroatoms. The van der Waals surface area contributed by atoms with Crippen molar-refractivity contribution >= 4 is 17.6 Å². The Labute approximate surface area is 136 Å². The van der Waals surface area contributed by atoms with E-state index in [0.29, 0.717) is 5.69 Å². The van der Waals surface area contributed by atoms with Crippen molar-refractivity contribution in [2.24, 2.45) is 0 Å². The average molecular weight is 345 g/mol. The first kappa shape index (κ1) is 18.0. The molecule has 2 aromatic heterocycles. The summed E-state index contributed by atoms with van der Waals surface area (Å²) < 4.78 is 44.6. The van der Waals surface area contributed by atoms with E-state index >= 15 is 0 Å². The number of anilines is 1. The molecular formula is C14H18F3N5O2. The van der Waals surface area contributed by atoms with E-state index in [1.807, 2.05) is 0 Å². The molecule has 132 valence electrons. The van der Waals surface area contributed by atoms with E-state index < -0.39 is 24.0 Å². The Hall–Kier alpha value is -2.39. The third-order valence-electron chi connectivity index (χ3n) is 3.31. The number of fused-ring (bicyclic) bond motifs is 1. The lowest BCUT2D eigenvalue weighted by molar-refractivity contribution is -0.148. The molecule has 0 fully saturated rings. The second-order valence-electron chi connectivity index (χ2n) is 5.67. The van der Waals surface area contributed by atoms with Gasteiger partial charge in [0.25, 0.3) is 11.6 Å². The largest absolute Gasteiger partial charge is 0.461 e. The van der Waals surface area contributed by atoms with Crippen LogP contribution in [0.4, 0.5) is 19.0 Å². The first-order chi connectivity index (χ1) is 11.0. The van der Waals surface area contributed by atoms with Gasteiger partial charge in [-0.3, -0.25) is 0 Å². The number of ether oxygens (including phenoxy) is 1. The molecule has 0 N–H and O–H groups in total. The van der Waals surface area contributed by atoms with Crippen molar-refractivity contribution in [1.29, 1.82) is 0 Å². The van der Waals surface area contributed by atoms with Gasteiger partial charge in [-0.15, -0.1) is 5.10 Å². The number of halogens is 3. The fraction of sp³-hybridized carbons (Fsp3) is 0.571. The minimum atomic E-state index is -4.68. The predicted molar refractivity (Wildman–Crippen MR) is 79.6 cm³/mol. The van der Waals surface area contributed by atoms with Gasteiger partial charge in [0, 0.05) is 18.8 Å². The summed E-state index contributed by atoms with van der Waals surface area (Å²) in [4.78, 5) is 20.9. The van der Waals surface area contributed by atoms with Crippen molar-refractivity contribution in [3.05, 3.63) is 17.6 Å². The number of alkyl halides is 3. The smallest absolute Gasteiger partial charge is 0.453 e. The highest BCUT2D eigenvalue weighted by Crippen LogP contribution is 2.28. The molecule has 0 bridgehead atoms. The Morgan fingerprint density at radius 3 is 2.46 bits per heavy atom. The lowest BCUT2D eigenvalue weighted by Gasteiger charge is -2.26. The van der Waals surface area contributed by atoms with Gasteiger partial charge in [0.15, 0.2) is 0 Å². The number of likely N-dealkylation sites (N-methyl/N-ethyl adjacent to an activating group) is 1. The van der Waals surface area contributed by atoms with Crippen LogP contribution >= 0.6 is 0 Å². The van der Waals surface area contributed by atoms with Crippen LogP contribution in [0.3, 0.4) is 0 Å². The number of aryl methyl sites for hydroxylation is 1. The monoisotopic (exact) mass is 345 g/mol. The van der Waals surface area contributed by atoms with Crippen molar-refractivity contribution < 1.29 is 22.7 Å². The van der Waals surface area contributed by atoms with Crippen molar-refractivity contribution in [2.75, 3.05) is 11.9 Å². The summed E-state index contributed by atoms with van der Waals surface area (Å²) in [5, 5.41) is 3.47. The summed E-state index contributed by atoms with van der Waals surface area (Å²) in [6.07, 6.45) is -4.98. The van der Waals surface area contributed by atoms with E-state index in [0.717, 1.165) is 4.52 Å². The molecule has 2 rings (SSSR count). The maximum atomic E-state index is 12.8. The molecule has 0 saturated carbocycles. The Morgan fingerprint density at radius 1 is 1.29 bits per heavy atom. The molecule has 7 nitrogen and oxygen atoms in total. The maximum Gasteiger partial charge on any atom is 0.453 e. The van der Waals surface area contributed by atoms with Crippen LogP contribution in [0, 0.1) is 6.92 Å². The van der Waals surface area contributed by atoms with Crippen molar-refractivity contribution in [3.8, 4) is 0 Å². The first-order valence-electron chi connectivity index (χ1n) is 7.25. The summed E-state index contributed by atoms with van der Waals surface area (Å²) >= 11 is 0. The minimum Gasteiger partial charge on any atom is -0.461 e. The molecule has 0 saturated heterocycles. The molecule has 0 amide bonds. The SMILES string of the molecule is Cc1cc(N(C)C(C)C(=O)OC(C)C)n2nc(C(F)(F)F)nc2n1. The quantitative estimate of drug-likeness (QED) is 0.791. The number of carbonyl (C=O) groups excluding carboxylic acids is 1. The van der Waals surface area contributed by atoms with Crippen LogP contribution in [0.25, 0.3) is 5.78 Å². The molecule has 24 heavy (non-hydrogen) atoms. The van der Waals surface area contributed by atoms with E-state index in [-0.39, 0.29) is 17.7 Å². The molecule has 0 aliphatic heterocycles. The van der Waals surface area contributed by atoms with Crippen LogP contribution in [-0.2, 0) is 15.7 Å². The third kappa shape index (κ3) is 3.57. The van der Waals surface area contributed by atoms with Gasteiger partial charge in [-0.1, -0.05) is 0 Å².